The molecule has 0 saturated heterocycles. The first kappa shape index (κ1) is 10.2. The summed E-state index contributed by atoms with van der Waals surface area (Å²) in [4.78, 5) is 3.30. The lowest BCUT2D eigenvalue weighted by Gasteiger charge is -2.09. The zero-order valence-corrected chi connectivity index (χ0v) is 9.59. The minimum atomic E-state index is 0.526. The van der Waals surface area contributed by atoms with E-state index in [4.69, 9.17) is 0 Å². The third-order valence-corrected chi connectivity index (χ3v) is 2.99. The van der Waals surface area contributed by atoms with Crippen LogP contribution in [0, 0.1) is 6.92 Å². The number of likely N-dealkylation sites (N-methyl/N-ethyl adjacent to an activating group) is 1. The Hall–Kier alpha value is -1.28. The summed E-state index contributed by atoms with van der Waals surface area (Å²) in [6.45, 7) is 4.33. The molecule has 0 aliphatic heterocycles. The Morgan fingerprint density at radius 1 is 1.40 bits per heavy atom. The summed E-state index contributed by atoms with van der Waals surface area (Å²) in [5.41, 5.74) is 3.94. The van der Waals surface area contributed by atoms with Crippen LogP contribution in [0.25, 0.3) is 10.9 Å². The molecule has 1 heterocycles. The van der Waals surface area contributed by atoms with Crippen LogP contribution in [-0.4, -0.2) is 18.1 Å². The highest BCUT2D eigenvalue weighted by Crippen LogP contribution is 2.19. The van der Waals surface area contributed by atoms with Crippen molar-refractivity contribution in [2.24, 2.45) is 0 Å². The Morgan fingerprint density at radius 2 is 2.20 bits per heavy atom. The summed E-state index contributed by atoms with van der Waals surface area (Å²) in [7, 11) is 2.00. The maximum Gasteiger partial charge on any atom is 0.0459 e. The molecule has 0 radical (unpaired) electrons. The van der Waals surface area contributed by atoms with E-state index in [1.165, 1.54) is 22.0 Å². The molecule has 0 fully saturated rings. The smallest absolute Gasteiger partial charge is 0.0459 e. The van der Waals surface area contributed by atoms with Gasteiger partial charge in [-0.15, -0.1) is 0 Å². The topological polar surface area (TPSA) is 27.8 Å². The molecule has 0 bridgehead atoms. The Bertz CT molecular complexity index is 457. The number of rotatable bonds is 3. The molecule has 0 amide bonds. The lowest BCUT2D eigenvalue weighted by atomic mass is 10.0. The van der Waals surface area contributed by atoms with Gasteiger partial charge in [-0.25, -0.2) is 0 Å². The third kappa shape index (κ3) is 2.05. The minimum Gasteiger partial charge on any atom is -0.361 e. The Balaban J connectivity index is 2.31. The van der Waals surface area contributed by atoms with Gasteiger partial charge in [0, 0.05) is 23.1 Å². The molecule has 0 spiro atoms. The lowest BCUT2D eigenvalue weighted by Crippen LogP contribution is -2.23. The van der Waals surface area contributed by atoms with Crippen LogP contribution in [0.15, 0.2) is 24.4 Å². The van der Waals surface area contributed by atoms with Crippen LogP contribution < -0.4 is 5.32 Å². The van der Waals surface area contributed by atoms with Crippen molar-refractivity contribution in [3.05, 3.63) is 35.5 Å². The fourth-order valence-corrected chi connectivity index (χ4v) is 1.90. The molecule has 1 unspecified atom stereocenters. The summed E-state index contributed by atoms with van der Waals surface area (Å²) in [5.74, 6) is 0. The number of fused-ring (bicyclic) bond motifs is 1. The Morgan fingerprint density at radius 3 is 2.93 bits per heavy atom. The highest BCUT2D eigenvalue weighted by atomic mass is 14.8. The van der Waals surface area contributed by atoms with E-state index < -0.39 is 0 Å². The molecule has 80 valence electrons. The molecule has 1 aromatic carbocycles. The molecule has 15 heavy (non-hydrogen) atoms. The number of aromatic nitrogens is 1. The van der Waals surface area contributed by atoms with Crippen LogP contribution in [0.1, 0.15) is 18.1 Å². The van der Waals surface area contributed by atoms with Crippen molar-refractivity contribution in [2.45, 2.75) is 26.3 Å². The Kier molecular flexibility index (Phi) is 2.78. The first-order valence-electron chi connectivity index (χ1n) is 5.44. The number of aryl methyl sites for hydroxylation is 1. The largest absolute Gasteiger partial charge is 0.361 e. The van der Waals surface area contributed by atoms with Gasteiger partial charge in [-0.1, -0.05) is 12.1 Å². The predicted octanol–water partition coefficient (Wildman–Crippen LogP) is 2.63. The fraction of sp³-hybridized carbons (Fsp3) is 0.385. The number of hydrogen-bond donors (Lipinski definition) is 2. The molecular weight excluding hydrogens is 184 g/mol. The molecule has 1 aromatic heterocycles. The van der Waals surface area contributed by atoms with Gasteiger partial charge in [0.1, 0.15) is 0 Å². The molecule has 0 aliphatic carbocycles. The van der Waals surface area contributed by atoms with Gasteiger partial charge in [-0.2, -0.15) is 0 Å². The molecular formula is C13H18N2. The van der Waals surface area contributed by atoms with Gasteiger partial charge in [0.25, 0.3) is 0 Å². The normalized spacial score (nSPS) is 13.3. The van der Waals surface area contributed by atoms with E-state index in [-0.39, 0.29) is 0 Å². The van der Waals surface area contributed by atoms with Gasteiger partial charge >= 0.3 is 0 Å². The third-order valence-electron chi connectivity index (χ3n) is 2.99. The monoisotopic (exact) mass is 202 g/mol. The molecule has 1 atom stereocenters. The summed E-state index contributed by atoms with van der Waals surface area (Å²) < 4.78 is 0. The first-order valence-corrected chi connectivity index (χ1v) is 5.44. The zero-order chi connectivity index (χ0) is 10.8. The van der Waals surface area contributed by atoms with E-state index >= 15 is 0 Å². The van der Waals surface area contributed by atoms with Crippen LogP contribution >= 0.6 is 0 Å². The predicted molar refractivity (Wildman–Crippen MR) is 65.3 cm³/mol. The highest BCUT2D eigenvalue weighted by Gasteiger charge is 2.03. The molecule has 2 rings (SSSR count). The second-order valence-corrected chi connectivity index (χ2v) is 4.25. The van der Waals surface area contributed by atoms with Crippen LogP contribution in [-0.2, 0) is 6.42 Å². The van der Waals surface area contributed by atoms with Gasteiger partial charge < -0.3 is 10.3 Å². The zero-order valence-electron chi connectivity index (χ0n) is 9.59. The van der Waals surface area contributed by atoms with Gasteiger partial charge in [-0.3, -0.25) is 0 Å². The summed E-state index contributed by atoms with van der Waals surface area (Å²) in [6.07, 6.45) is 3.14. The summed E-state index contributed by atoms with van der Waals surface area (Å²) >= 11 is 0. The van der Waals surface area contributed by atoms with Gasteiger partial charge in [0.15, 0.2) is 0 Å². The van der Waals surface area contributed by atoms with Crippen molar-refractivity contribution in [1.82, 2.24) is 10.3 Å². The van der Waals surface area contributed by atoms with Crippen LogP contribution in [0.5, 0.6) is 0 Å². The average molecular weight is 202 g/mol. The van der Waals surface area contributed by atoms with E-state index in [0.29, 0.717) is 6.04 Å². The quantitative estimate of drug-likeness (QED) is 0.786. The average Bonchev–Trinajstić information content (AvgIpc) is 2.60. The maximum absolute atomic E-state index is 3.30. The molecule has 2 nitrogen and oxygen atoms in total. The molecule has 0 saturated carbocycles. The van der Waals surface area contributed by atoms with Crippen LogP contribution in [0.2, 0.25) is 0 Å². The second kappa shape index (κ2) is 4.07. The van der Waals surface area contributed by atoms with E-state index in [1.807, 2.05) is 7.05 Å². The van der Waals surface area contributed by atoms with E-state index in [9.17, 15) is 0 Å². The molecule has 2 N–H and O–H groups in total. The van der Waals surface area contributed by atoms with Crippen LogP contribution in [0.3, 0.4) is 0 Å². The van der Waals surface area contributed by atoms with E-state index in [2.05, 4.69) is 48.5 Å². The van der Waals surface area contributed by atoms with E-state index in [0.717, 1.165) is 6.42 Å². The van der Waals surface area contributed by atoms with Gasteiger partial charge in [0.2, 0.25) is 0 Å². The highest BCUT2D eigenvalue weighted by molar-refractivity contribution is 5.83. The van der Waals surface area contributed by atoms with Crippen molar-refractivity contribution >= 4 is 10.9 Å². The van der Waals surface area contributed by atoms with Crippen molar-refractivity contribution in [2.75, 3.05) is 7.05 Å². The summed E-state index contributed by atoms with van der Waals surface area (Å²) in [5, 5.41) is 4.59. The SMILES string of the molecule is CNC(C)Cc1ccc2c(C)c[nH]c2c1. The number of benzene rings is 1. The van der Waals surface area contributed by atoms with E-state index in [1.54, 1.807) is 0 Å². The van der Waals surface area contributed by atoms with Gasteiger partial charge in [-0.05, 0) is 44.5 Å². The van der Waals surface area contributed by atoms with Crippen LogP contribution in [0.4, 0.5) is 0 Å². The molecule has 0 aliphatic rings. The number of aromatic amines is 1. The minimum absolute atomic E-state index is 0.526. The van der Waals surface area contributed by atoms with Gasteiger partial charge in [0.05, 0.1) is 0 Å². The number of nitrogens with one attached hydrogen (secondary N) is 2. The molecule has 2 heteroatoms. The Labute approximate surface area is 90.7 Å². The number of hydrogen-bond acceptors (Lipinski definition) is 1. The van der Waals surface area contributed by atoms with Crippen molar-refractivity contribution < 1.29 is 0 Å². The summed E-state index contributed by atoms with van der Waals surface area (Å²) in [6, 6.07) is 7.20. The van der Waals surface area contributed by atoms with Crippen molar-refractivity contribution in [3.63, 3.8) is 0 Å². The molecule has 2 aromatic rings. The second-order valence-electron chi connectivity index (χ2n) is 4.25. The lowest BCUT2D eigenvalue weighted by molar-refractivity contribution is 0.609. The van der Waals surface area contributed by atoms with Crippen molar-refractivity contribution in [3.8, 4) is 0 Å². The standard InChI is InChI=1S/C13H18N2/c1-9-8-15-13-7-11(4-5-12(9)13)6-10(2)14-3/h4-5,7-8,10,14-15H,6H2,1-3H3. The van der Waals surface area contributed by atoms with Crippen molar-refractivity contribution in [1.29, 1.82) is 0 Å². The maximum atomic E-state index is 3.30. The fourth-order valence-electron chi connectivity index (χ4n) is 1.90. The first-order chi connectivity index (χ1) is 7.20. The number of H-pyrrole nitrogens is 1.